The summed E-state index contributed by atoms with van der Waals surface area (Å²) in [6, 6.07) is 2.35. The van der Waals surface area contributed by atoms with Crippen molar-refractivity contribution in [1.82, 2.24) is 5.32 Å². The average molecular weight is 259 g/mol. The van der Waals surface area contributed by atoms with Gasteiger partial charge in [0.2, 0.25) is 0 Å². The third-order valence-electron chi connectivity index (χ3n) is 2.23. The third-order valence-corrected chi connectivity index (χ3v) is 2.23. The topological polar surface area (TPSA) is 86.6 Å². The highest BCUT2D eigenvalue weighted by Gasteiger charge is 2.30. The van der Waals surface area contributed by atoms with E-state index in [2.05, 4.69) is 0 Å². The summed E-state index contributed by atoms with van der Waals surface area (Å²) in [5.74, 6) is -4.36. The Morgan fingerprint density at radius 1 is 1.39 bits per heavy atom. The van der Waals surface area contributed by atoms with Crippen molar-refractivity contribution in [2.24, 2.45) is 0 Å². The van der Waals surface area contributed by atoms with Gasteiger partial charge in [-0.15, -0.1) is 0 Å². The molecule has 1 atom stereocenters. The molecule has 0 aliphatic heterocycles. The van der Waals surface area contributed by atoms with Crippen molar-refractivity contribution in [2.45, 2.75) is 12.5 Å². The molecule has 0 radical (unpaired) electrons. The average Bonchev–Trinajstić information content (AvgIpc) is 2.25. The summed E-state index contributed by atoms with van der Waals surface area (Å²) >= 11 is 0. The number of aliphatic hydroxyl groups is 1. The Morgan fingerprint density at radius 2 is 2.00 bits per heavy atom. The van der Waals surface area contributed by atoms with E-state index in [0.29, 0.717) is 6.07 Å². The maximum absolute atomic E-state index is 13.2. The number of carbonyl (C=O) groups is 2. The lowest BCUT2D eigenvalue weighted by Gasteiger charge is -2.18. The van der Waals surface area contributed by atoms with E-state index in [-0.39, 0.29) is 0 Å². The molecule has 18 heavy (non-hydrogen) atoms. The third kappa shape index (κ3) is 3.24. The monoisotopic (exact) mass is 259 g/mol. The van der Waals surface area contributed by atoms with E-state index in [1.165, 1.54) is 0 Å². The van der Waals surface area contributed by atoms with Gasteiger partial charge in [0.15, 0.2) is 5.60 Å². The van der Waals surface area contributed by atoms with Crippen LogP contribution in [0.4, 0.5) is 8.78 Å². The SMILES string of the molecule is CC(O)(CNC(=O)c1ccc(F)cc1F)C(=O)O. The van der Waals surface area contributed by atoms with Crippen LogP contribution in [0.1, 0.15) is 17.3 Å². The standard InChI is InChI=1S/C11H11F2NO4/c1-11(18,10(16)17)5-14-9(15)7-3-2-6(12)4-8(7)13/h2-4,18H,5H2,1H3,(H,14,15)(H,16,17). The van der Waals surface area contributed by atoms with E-state index >= 15 is 0 Å². The maximum atomic E-state index is 13.2. The van der Waals surface area contributed by atoms with Gasteiger partial charge in [0.1, 0.15) is 11.6 Å². The first-order chi connectivity index (χ1) is 8.24. The second-order valence-electron chi connectivity index (χ2n) is 3.89. The minimum atomic E-state index is -2.16. The molecule has 98 valence electrons. The Bertz CT molecular complexity index is 488. The van der Waals surface area contributed by atoms with Crippen LogP contribution < -0.4 is 5.32 Å². The molecule has 1 aromatic rings. The molecular formula is C11H11F2NO4. The Kier molecular flexibility index (Phi) is 3.97. The number of rotatable bonds is 4. The molecule has 0 saturated carbocycles. The highest BCUT2D eigenvalue weighted by atomic mass is 19.1. The molecule has 0 aliphatic rings. The first kappa shape index (κ1) is 14.0. The first-order valence-corrected chi connectivity index (χ1v) is 4.93. The van der Waals surface area contributed by atoms with Crippen LogP contribution in [0.2, 0.25) is 0 Å². The molecule has 3 N–H and O–H groups in total. The number of hydrogen-bond acceptors (Lipinski definition) is 3. The van der Waals surface area contributed by atoms with Crippen LogP contribution in [-0.4, -0.2) is 34.2 Å². The molecular weight excluding hydrogens is 248 g/mol. The number of nitrogens with one attached hydrogen (secondary N) is 1. The molecule has 5 nitrogen and oxygen atoms in total. The first-order valence-electron chi connectivity index (χ1n) is 4.93. The predicted octanol–water partition coefficient (Wildman–Crippen LogP) is 0.530. The number of carboxylic acid groups (broad SMARTS) is 1. The number of hydrogen-bond donors (Lipinski definition) is 3. The summed E-state index contributed by atoms with van der Waals surface area (Å²) in [4.78, 5) is 22.0. The minimum absolute atomic E-state index is 0.433. The summed E-state index contributed by atoms with van der Waals surface area (Å²) in [5, 5.41) is 20.0. The number of amides is 1. The summed E-state index contributed by atoms with van der Waals surface area (Å²) < 4.78 is 25.8. The second-order valence-corrected chi connectivity index (χ2v) is 3.89. The molecule has 1 aromatic carbocycles. The summed E-state index contributed by atoms with van der Waals surface area (Å²) in [6.07, 6.45) is 0. The fraction of sp³-hybridized carbons (Fsp3) is 0.273. The summed E-state index contributed by atoms with van der Waals surface area (Å²) in [6.45, 7) is 0.384. The number of benzene rings is 1. The lowest BCUT2D eigenvalue weighted by Crippen LogP contribution is -2.46. The van der Waals surface area contributed by atoms with Gasteiger partial charge in [-0.3, -0.25) is 4.79 Å². The Morgan fingerprint density at radius 3 is 2.50 bits per heavy atom. The van der Waals surface area contributed by atoms with Crippen LogP contribution in [0.3, 0.4) is 0 Å². The van der Waals surface area contributed by atoms with Crippen molar-refractivity contribution in [3.05, 3.63) is 35.4 Å². The molecule has 0 bridgehead atoms. The fourth-order valence-electron chi connectivity index (χ4n) is 1.10. The van der Waals surface area contributed by atoms with Crippen LogP contribution in [-0.2, 0) is 4.79 Å². The van der Waals surface area contributed by atoms with Crippen molar-refractivity contribution < 1.29 is 28.6 Å². The number of aliphatic carboxylic acids is 1. The molecule has 0 spiro atoms. The van der Waals surface area contributed by atoms with Gasteiger partial charge in [-0.25, -0.2) is 13.6 Å². The molecule has 1 unspecified atom stereocenters. The molecule has 1 rings (SSSR count). The summed E-state index contributed by atoms with van der Waals surface area (Å²) in [5.41, 5.74) is -2.59. The normalized spacial score (nSPS) is 13.8. The zero-order valence-electron chi connectivity index (χ0n) is 9.41. The molecule has 0 aliphatic carbocycles. The number of halogens is 2. The van der Waals surface area contributed by atoms with Crippen LogP contribution in [0.5, 0.6) is 0 Å². The van der Waals surface area contributed by atoms with Gasteiger partial charge < -0.3 is 15.5 Å². The molecule has 0 saturated heterocycles. The van der Waals surface area contributed by atoms with Crippen molar-refractivity contribution in [1.29, 1.82) is 0 Å². The van der Waals surface area contributed by atoms with E-state index in [0.717, 1.165) is 19.1 Å². The Labute approximate surface area is 101 Å². The van der Waals surface area contributed by atoms with E-state index in [1.807, 2.05) is 5.32 Å². The second kappa shape index (κ2) is 5.09. The van der Waals surface area contributed by atoms with E-state index in [9.17, 15) is 23.5 Å². The van der Waals surface area contributed by atoms with Gasteiger partial charge in [0.05, 0.1) is 12.1 Å². The van der Waals surface area contributed by atoms with Gasteiger partial charge in [-0.05, 0) is 19.1 Å². The Balaban J connectivity index is 2.75. The van der Waals surface area contributed by atoms with Crippen LogP contribution in [0.25, 0.3) is 0 Å². The predicted molar refractivity (Wildman–Crippen MR) is 57.0 cm³/mol. The number of carboxylic acids is 1. The van der Waals surface area contributed by atoms with Crippen LogP contribution in [0.15, 0.2) is 18.2 Å². The summed E-state index contributed by atoms with van der Waals surface area (Å²) in [7, 11) is 0. The minimum Gasteiger partial charge on any atom is -0.479 e. The zero-order valence-corrected chi connectivity index (χ0v) is 9.41. The molecule has 1 amide bonds. The van der Waals surface area contributed by atoms with Gasteiger partial charge in [0, 0.05) is 6.07 Å². The lowest BCUT2D eigenvalue weighted by molar-refractivity contribution is -0.155. The molecule has 0 aromatic heterocycles. The van der Waals surface area contributed by atoms with Gasteiger partial charge in [0.25, 0.3) is 5.91 Å². The lowest BCUT2D eigenvalue weighted by atomic mass is 10.1. The number of carbonyl (C=O) groups excluding carboxylic acids is 1. The molecule has 7 heteroatoms. The van der Waals surface area contributed by atoms with E-state index < -0.39 is 41.2 Å². The zero-order chi connectivity index (χ0) is 13.9. The van der Waals surface area contributed by atoms with Crippen molar-refractivity contribution in [3.8, 4) is 0 Å². The van der Waals surface area contributed by atoms with Gasteiger partial charge >= 0.3 is 5.97 Å². The van der Waals surface area contributed by atoms with Crippen LogP contribution >= 0.6 is 0 Å². The smallest absolute Gasteiger partial charge is 0.337 e. The Hall–Kier alpha value is -2.02. The highest BCUT2D eigenvalue weighted by Crippen LogP contribution is 2.10. The quantitative estimate of drug-likeness (QED) is 0.736. The molecule has 0 fully saturated rings. The van der Waals surface area contributed by atoms with Crippen molar-refractivity contribution in [3.63, 3.8) is 0 Å². The fourth-order valence-corrected chi connectivity index (χ4v) is 1.10. The van der Waals surface area contributed by atoms with Crippen molar-refractivity contribution >= 4 is 11.9 Å². The van der Waals surface area contributed by atoms with Gasteiger partial charge in [-0.2, -0.15) is 0 Å². The largest absolute Gasteiger partial charge is 0.479 e. The molecule has 0 heterocycles. The van der Waals surface area contributed by atoms with Crippen molar-refractivity contribution in [2.75, 3.05) is 6.54 Å². The van der Waals surface area contributed by atoms with Crippen LogP contribution in [0, 0.1) is 11.6 Å². The van der Waals surface area contributed by atoms with E-state index in [4.69, 9.17) is 5.11 Å². The van der Waals surface area contributed by atoms with Gasteiger partial charge in [-0.1, -0.05) is 0 Å². The highest BCUT2D eigenvalue weighted by molar-refractivity contribution is 5.94. The maximum Gasteiger partial charge on any atom is 0.337 e. The van der Waals surface area contributed by atoms with E-state index in [1.54, 1.807) is 0 Å².